The van der Waals surface area contributed by atoms with Crippen molar-refractivity contribution in [2.45, 2.75) is 70.6 Å². The standard InChI is InChI=1S/C35H41N5O4/c36-16-3-1-2-4-34(42)39-17-15-26-18-29(11-9-28(26)22-39)37-20-24-5-7-25(8-6-24)21-40(30-12-13-30)35(43)27-10-14-31-32(19-27)44-23-33(41)38-31/h5-11,14,18-19,30,37H,1-4,12-13,15-17,20-23,36H2,(H,38,41). The molecule has 3 aliphatic rings. The van der Waals surface area contributed by atoms with Crippen LogP contribution < -0.4 is 21.1 Å². The summed E-state index contributed by atoms with van der Waals surface area (Å²) in [4.78, 5) is 41.6. The summed E-state index contributed by atoms with van der Waals surface area (Å²) in [7, 11) is 0. The zero-order chi connectivity index (χ0) is 30.5. The second kappa shape index (κ2) is 13.5. The number of unbranched alkanes of at least 4 members (excludes halogenated alkanes) is 2. The Kier molecular flexibility index (Phi) is 9.12. The van der Waals surface area contributed by atoms with Crippen molar-refractivity contribution in [3.05, 3.63) is 88.5 Å². The van der Waals surface area contributed by atoms with E-state index >= 15 is 0 Å². The summed E-state index contributed by atoms with van der Waals surface area (Å²) in [5.41, 5.74) is 12.6. The first-order chi connectivity index (χ1) is 21.5. The molecule has 2 aliphatic heterocycles. The van der Waals surface area contributed by atoms with E-state index in [0.29, 0.717) is 49.6 Å². The quantitative estimate of drug-likeness (QED) is 0.258. The van der Waals surface area contributed by atoms with E-state index in [2.05, 4.69) is 53.1 Å². The van der Waals surface area contributed by atoms with Gasteiger partial charge in [-0.2, -0.15) is 0 Å². The molecule has 9 nitrogen and oxygen atoms in total. The number of hydrogen-bond donors (Lipinski definition) is 3. The number of anilines is 2. The van der Waals surface area contributed by atoms with Crippen molar-refractivity contribution in [2.75, 3.05) is 30.3 Å². The molecule has 0 radical (unpaired) electrons. The highest BCUT2D eigenvalue weighted by molar-refractivity contribution is 5.99. The van der Waals surface area contributed by atoms with Gasteiger partial charge in [-0.1, -0.05) is 36.8 Å². The van der Waals surface area contributed by atoms with Crippen LogP contribution in [-0.4, -0.2) is 53.3 Å². The molecule has 0 saturated heterocycles. The van der Waals surface area contributed by atoms with Crippen LogP contribution in [0.3, 0.4) is 0 Å². The lowest BCUT2D eigenvalue weighted by Gasteiger charge is -2.29. The van der Waals surface area contributed by atoms with Crippen molar-refractivity contribution in [3.63, 3.8) is 0 Å². The van der Waals surface area contributed by atoms with Gasteiger partial charge in [-0.3, -0.25) is 14.4 Å². The van der Waals surface area contributed by atoms with Crippen LogP contribution in [0.15, 0.2) is 60.7 Å². The van der Waals surface area contributed by atoms with Gasteiger partial charge in [0.25, 0.3) is 11.8 Å². The van der Waals surface area contributed by atoms with E-state index in [1.54, 1.807) is 18.2 Å². The van der Waals surface area contributed by atoms with Gasteiger partial charge in [-0.25, -0.2) is 0 Å². The maximum atomic E-state index is 13.5. The fourth-order valence-corrected chi connectivity index (χ4v) is 5.92. The third-order valence-corrected chi connectivity index (χ3v) is 8.65. The molecule has 3 amide bonds. The third-order valence-electron chi connectivity index (χ3n) is 8.65. The first kappa shape index (κ1) is 29.7. The molecule has 1 saturated carbocycles. The Morgan fingerprint density at radius 3 is 2.59 bits per heavy atom. The van der Waals surface area contributed by atoms with Crippen LogP contribution in [-0.2, 0) is 35.6 Å². The van der Waals surface area contributed by atoms with Gasteiger partial charge in [0, 0.05) is 49.9 Å². The van der Waals surface area contributed by atoms with Crippen molar-refractivity contribution in [2.24, 2.45) is 5.73 Å². The Hall–Kier alpha value is -4.37. The second-order valence-electron chi connectivity index (χ2n) is 12.0. The fraction of sp³-hybridized carbons (Fsp3) is 0.400. The summed E-state index contributed by atoms with van der Waals surface area (Å²) in [5, 5.41) is 6.32. The van der Waals surface area contributed by atoms with Crippen molar-refractivity contribution >= 4 is 29.1 Å². The SMILES string of the molecule is NCCCCCC(=O)N1CCc2cc(NCc3ccc(CN(C(=O)c4ccc5c(c4)OCC(=O)N5)C4CC4)cc3)ccc2C1. The van der Waals surface area contributed by atoms with Gasteiger partial charge >= 0.3 is 0 Å². The summed E-state index contributed by atoms with van der Waals surface area (Å²) in [6.45, 7) is 3.35. The van der Waals surface area contributed by atoms with E-state index in [-0.39, 0.29) is 30.4 Å². The zero-order valence-electron chi connectivity index (χ0n) is 25.1. The van der Waals surface area contributed by atoms with Crippen molar-refractivity contribution < 1.29 is 19.1 Å². The van der Waals surface area contributed by atoms with Gasteiger partial charge in [-0.15, -0.1) is 0 Å². The highest BCUT2D eigenvalue weighted by Gasteiger charge is 2.33. The average Bonchev–Trinajstić information content (AvgIpc) is 3.90. The number of amides is 3. The Balaban J connectivity index is 1.02. The lowest BCUT2D eigenvalue weighted by atomic mass is 9.98. The van der Waals surface area contributed by atoms with Crippen LogP contribution in [0.1, 0.15) is 71.1 Å². The summed E-state index contributed by atoms with van der Waals surface area (Å²) in [6.07, 6.45) is 6.40. The second-order valence-corrected chi connectivity index (χ2v) is 12.0. The summed E-state index contributed by atoms with van der Waals surface area (Å²) in [6, 6.07) is 20.3. The van der Waals surface area contributed by atoms with Crippen molar-refractivity contribution in [1.29, 1.82) is 0 Å². The lowest BCUT2D eigenvalue weighted by Crippen LogP contribution is -2.35. The van der Waals surface area contributed by atoms with E-state index < -0.39 is 0 Å². The average molecular weight is 596 g/mol. The summed E-state index contributed by atoms with van der Waals surface area (Å²) < 4.78 is 5.52. The number of nitrogens with two attached hydrogens (primary N) is 1. The third kappa shape index (κ3) is 7.22. The van der Waals surface area contributed by atoms with E-state index in [1.165, 1.54) is 11.1 Å². The minimum absolute atomic E-state index is 0.0241. The van der Waals surface area contributed by atoms with Gasteiger partial charge in [0.1, 0.15) is 5.75 Å². The normalized spacial score (nSPS) is 15.5. The Labute approximate surface area is 258 Å². The van der Waals surface area contributed by atoms with Gasteiger partial charge in [0.05, 0.1) is 5.69 Å². The van der Waals surface area contributed by atoms with Crippen LogP contribution >= 0.6 is 0 Å². The number of fused-ring (bicyclic) bond motifs is 2. The Morgan fingerprint density at radius 1 is 0.977 bits per heavy atom. The molecule has 0 unspecified atom stereocenters. The van der Waals surface area contributed by atoms with Gasteiger partial charge < -0.3 is 30.9 Å². The van der Waals surface area contributed by atoms with Crippen LogP contribution in [0.2, 0.25) is 0 Å². The molecular formula is C35H41N5O4. The first-order valence-corrected chi connectivity index (χ1v) is 15.8. The molecule has 9 heteroatoms. The van der Waals surface area contributed by atoms with E-state index in [4.69, 9.17) is 10.5 Å². The molecule has 2 heterocycles. The predicted octanol–water partition coefficient (Wildman–Crippen LogP) is 4.84. The number of rotatable bonds is 12. The molecule has 1 fully saturated rings. The predicted molar refractivity (Wildman–Crippen MR) is 170 cm³/mol. The molecule has 230 valence electrons. The van der Waals surface area contributed by atoms with Crippen LogP contribution in [0.25, 0.3) is 0 Å². The highest BCUT2D eigenvalue weighted by atomic mass is 16.5. The van der Waals surface area contributed by atoms with Crippen LogP contribution in [0.5, 0.6) is 5.75 Å². The number of benzene rings is 3. The number of nitrogens with one attached hydrogen (secondary N) is 2. The molecule has 3 aromatic carbocycles. The molecule has 0 spiro atoms. The molecule has 0 bridgehead atoms. The maximum absolute atomic E-state index is 13.5. The van der Waals surface area contributed by atoms with Gasteiger partial charge in [-0.05, 0) is 91.2 Å². The van der Waals surface area contributed by atoms with E-state index in [1.807, 2.05) is 9.80 Å². The van der Waals surface area contributed by atoms with Crippen LogP contribution in [0, 0.1) is 0 Å². The minimum Gasteiger partial charge on any atom is -0.482 e. The Bertz CT molecular complexity index is 1520. The monoisotopic (exact) mass is 595 g/mol. The molecule has 0 aromatic heterocycles. The topological polar surface area (TPSA) is 117 Å². The van der Waals surface area contributed by atoms with E-state index in [0.717, 1.165) is 61.9 Å². The number of ether oxygens (including phenoxy) is 1. The fourth-order valence-electron chi connectivity index (χ4n) is 5.92. The minimum atomic E-state index is -0.191. The van der Waals surface area contributed by atoms with Crippen molar-refractivity contribution in [1.82, 2.24) is 9.80 Å². The molecular weight excluding hydrogens is 554 g/mol. The van der Waals surface area contributed by atoms with E-state index in [9.17, 15) is 14.4 Å². The molecule has 4 N–H and O–H groups in total. The molecule has 6 rings (SSSR count). The molecule has 3 aromatic rings. The zero-order valence-corrected chi connectivity index (χ0v) is 25.1. The maximum Gasteiger partial charge on any atom is 0.262 e. The summed E-state index contributed by atoms with van der Waals surface area (Å²) >= 11 is 0. The van der Waals surface area contributed by atoms with Gasteiger partial charge in [0.15, 0.2) is 6.61 Å². The summed E-state index contributed by atoms with van der Waals surface area (Å²) in [5.74, 6) is 0.559. The van der Waals surface area contributed by atoms with Crippen LogP contribution in [0.4, 0.5) is 11.4 Å². The van der Waals surface area contributed by atoms with Gasteiger partial charge in [0.2, 0.25) is 5.91 Å². The largest absolute Gasteiger partial charge is 0.482 e. The molecule has 1 aliphatic carbocycles. The van der Waals surface area contributed by atoms with Crippen molar-refractivity contribution in [3.8, 4) is 5.75 Å². The number of carbonyl (C=O) groups excluding carboxylic acids is 3. The first-order valence-electron chi connectivity index (χ1n) is 15.8. The smallest absolute Gasteiger partial charge is 0.262 e. The lowest BCUT2D eigenvalue weighted by molar-refractivity contribution is -0.132. The number of hydrogen-bond acceptors (Lipinski definition) is 6. The Morgan fingerprint density at radius 2 is 1.80 bits per heavy atom. The highest BCUT2D eigenvalue weighted by Crippen LogP contribution is 2.33. The number of nitrogens with zero attached hydrogens (tertiary/aromatic N) is 2. The number of carbonyl (C=O) groups is 3. The molecule has 0 atom stereocenters. The molecule has 44 heavy (non-hydrogen) atoms.